The topological polar surface area (TPSA) is 52.7 Å². The molecule has 5 heteroatoms. The first-order valence-corrected chi connectivity index (χ1v) is 9.37. The van der Waals surface area contributed by atoms with E-state index in [1.54, 1.807) is 38.4 Å². The van der Waals surface area contributed by atoms with Crippen LogP contribution >= 0.6 is 0 Å². The molecule has 1 N–H and O–H groups in total. The molecule has 1 atom stereocenters. The molecule has 1 saturated heterocycles. The quantitative estimate of drug-likeness (QED) is 0.883. The van der Waals surface area contributed by atoms with Crippen LogP contribution in [0.15, 0.2) is 48.5 Å². The van der Waals surface area contributed by atoms with Crippen molar-refractivity contribution in [2.75, 3.05) is 32.5 Å². The largest absolute Gasteiger partial charge is 0.345 e. The van der Waals surface area contributed by atoms with Crippen molar-refractivity contribution in [3.63, 3.8) is 0 Å². The first kappa shape index (κ1) is 19.1. The summed E-state index contributed by atoms with van der Waals surface area (Å²) in [5.74, 6) is -0.0758. The minimum absolute atomic E-state index is 0.0258. The smallest absolute Gasteiger partial charge is 0.253 e. The summed E-state index contributed by atoms with van der Waals surface area (Å²) in [7, 11) is 3.44. The predicted molar refractivity (Wildman–Crippen MR) is 108 cm³/mol. The normalized spacial score (nSPS) is 16.9. The summed E-state index contributed by atoms with van der Waals surface area (Å²) in [6, 6.07) is 15.7. The van der Waals surface area contributed by atoms with Crippen molar-refractivity contribution in [3.8, 4) is 0 Å². The molecule has 2 amide bonds. The van der Waals surface area contributed by atoms with Crippen molar-refractivity contribution in [1.29, 1.82) is 0 Å². The highest BCUT2D eigenvalue weighted by Gasteiger charge is 2.28. The summed E-state index contributed by atoms with van der Waals surface area (Å²) < 4.78 is 0. The molecule has 2 aromatic carbocycles. The summed E-state index contributed by atoms with van der Waals surface area (Å²) >= 11 is 0. The lowest BCUT2D eigenvalue weighted by atomic mass is 9.99. The molecule has 1 aliphatic rings. The zero-order valence-electron chi connectivity index (χ0n) is 16.2. The van der Waals surface area contributed by atoms with Gasteiger partial charge in [-0.2, -0.15) is 0 Å². The van der Waals surface area contributed by atoms with Crippen molar-refractivity contribution in [2.24, 2.45) is 0 Å². The number of anilines is 1. The number of amides is 2. The molecule has 0 aliphatic carbocycles. The van der Waals surface area contributed by atoms with E-state index in [0.29, 0.717) is 23.8 Å². The van der Waals surface area contributed by atoms with E-state index in [2.05, 4.69) is 41.4 Å². The maximum Gasteiger partial charge on any atom is 0.253 e. The van der Waals surface area contributed by atoms with Gasteiger partial charge in [0.1, 0.15) is 0 Å². The van der Waals surface area contributed by atoms with Crippen molar-refractivity contribution >= 4 is 17.5 Å². The summed E-state index contributed by atoms with van der Waals surface area (Å²) in [6.07, 6.45) is 2.19. The standard InChI is InChI=1S/C22H27N3O2/c1-16-7-4-5-8-19(16)20-9-6-14-25(20)15-21(26)23-18-12-10-17(11-13-18)22(27)24(2)3/h4-5,7-8,10-13,20H,6,9,14-15H2,1-3H3,(H,23,26). The fraction of sp³-hybridized carbons (Fsp3) is 0.364. The Morgan fingerprint density at radius 2 is 1.81 bits per heavy atom. The van der Waals surface area contributed by atoms with E-state index in [0.717, 1.165) is 19.4 Å². The van der Waals surface area contributed by atoms with Crippen LogP contribution in [0.4, 0.5) is 5.69 Å². The number of nitrogens with zero attached hydrogens (tertiary/aromatic N) is 2. The average Bonchev–Trinajstić information content (AvgIpc) is 3.09. The van der Waals surface area contributed by atoms with Crippen molar-refractivity contribution in [3.05, 3.63) is 65.2 Å². The Bertz CT molecular complexity index is 815. The lowest BCUT2D eigenvalue weighted by molar-refractivity contribution is -0.117. The molecule has 1 heterocycles. The molecule has 0 aromatic heterocycles. The van der Waals surface area contributed by atoms with E-state index in [9.17, 15) is 9.59 Å². The predicted octanol–water partition coefficient (Wildman–Crippen LogP) is 3.47. The van der Waals surface area contributed by atoms with Crippen LogP contribution in [0.3, 0.4) is 0 Å². The Kier molecular flexibility index (Phi) is 5.91. The lowest BCUT2D eigenvalue weighted by Crippen LogP contribution is -2.33. The van der Waals surface area contributed by atoms with Crippen LogP contribution in [0, 0.1) is 6.92 Å². The highest BCUT2D eigenvalue weighted by molar-refractivity contribution is 5.96. The highest BCUT2D eigenvalue weighted by Crippen LogP contribution is 2.33. The van der Waals surface area contributed by atoms with E-state index in [1.165, 1.54) is 16.0 Å². The average molecular weight is 365 g/mol. The molecule has 1 aliphatic heterocycles. The van der Waals surface area contributed by atoms with Crippen LogP contribution in [0.25, 0.3) is 0 Å². The summed E-state index contributed by atoms with van der Waals surface area (Å²) in [5, 5.41) is 2.95. The number of benzene rings is 2. The van der Waals surface area contributed by atoms with E-state index < -0.39 is 0 Å². The maximum absolute atomic E-state index is 12.5. The Morgan fingerprint density at radius 3 is 2.48 bits per heavy atom. The van der Waals surface area contributed by atoms with Gasteiger partial charge in [0, 0.05) is 31.4 Å². The van der Waals surface area contributed by atoms with Gasteiger partial charge in [-0.1, -0.05) is 24.3 Å². The molecule has 0 spiro atoms. The Hall–Kier alpha value is -2.66. The van der Waals surface area contributed by atoms with E-state index in [4.69, 9.17) is 0 Å². The number of aryl methyl sites for hydroxylation is 1. The molecular formula is C22H27N3O2. The zero-order valence-corrected chi connectivity index (χ0v) is 16.2. The number of hydrogen-bond donors (Lipinski definition) is 1. The van der Waals surface area contributed by atoms with Crippen LogP contribution in [0.1, 0.15) is 40.4 Å². The molecule has 1 unspecified atom stereocenters. The molecule has 1 fully saturated rings. The van der Waals surface area contributed by atoms with Gasteiger partial charge in [0.05, 0.1) is 6.54 Å². The first-order valence-electron chi connectivity index (χ1n) is 9.37. The molecular weight excluding hydrogens is 338 g/mol. The minimum Gasteiger partial charge on any atom is -0.345 e. The van der Waals surface area contributed by atoms with Crippen molar-refractivity contribution in [2.45, 2.75) is 25.8 Å². The van der Waals surface area contributed by atoms with Crippen molar-refractivity contribution in [1.82, 2.24) is 9.80 Å². The number of rotatable bonds is 5. The number of carbonyl (C=O) groups excluding carboxylic acids is 2. The number of likely N-dealkylation sites (tertiary alicyclic amines) is 1. The third-order valence-corrected chi connectivity index (χ3v) is 5.08. The molecule has 0 bridgehead atoms. The van der Waals surface area contributed by atoms with Gasteiger partial charge in [0.15, 0.2) is 0 Å². The van der Waals surface area contributed by atoms with E-state index in [-0.39, 0.29) is 11.8 Å². The minimum atomic E-state index is -0.0500. The van der Waals surface area contributed by atoms with E-state index in [1.807, 2.05) is 0 Å². The molecule has 0 saturated carbocycles. The Morgan fingerprint density at radius 1 is 1.11 bits per heavy atom. The van der Waals surface area contributed by atoms with Crippen LogP contribution in [0.5, 0.6) is 0 Å². The van der Waals surface area contributed by atoms with Gasteiger partial charge in [0.25, 0.3) is 5.91 Å². The SMILES string of the molecule is Cc1ccccc1C1CCCN1CC(=O)Nc1ccc(C(=O)N(C)C)cc1. The van der Waals surface area contributed by atoms with Gasteiger partial charge in [-0.25, -0.2) is 0 Å². The van der Waals surface area contributed by atoms with Gasteiger partial charge < -0.3 is 10.2 Å². The number of nitrogens with one attached hydrogen (secondary N) is 1. The van der Waals surface area contributed by atoms with Crippen LogP contribution in [-0.4, -0.2) is 48.8 Å². The molecule has 0 radical (unpaired) electrons. The first-order chi connectivity index (χ1) is 13.0. The summed E-state index contributed by atoms with van der Waals surface area (Å²) in [4.78, 5) is 28.3. The second-order valence-corrected chi connectivity index (χ2v) is 7.31. The third-order valence-electron chi connectivity index (χ3n) is 5.08. The summed E-state index contributed by atoms with van der Waals surface area (Å²) in [6.45, 7) is 3.43. The lowest BCUT2D eigenvalue weighted by Gasteiger charge is -2.25. The van der Waals surface area contributed by atoms with Crippen LogP contribution < -0.4 is 5.32 Å². The monoisotopic (exact) mass is 365 g/mol. The molecule has 2 aromatic rings. The Labute approximate surface area is 161 Å². The fourth-order valence-corrected chi connectivity index (χ4v) is 3.67. The van der Waals surface area contributed by atoms with Gasteiger partial charge in [-0.15, -0.1) is 0 Å². The number of hydrogen-bond acceptors (Lipinski definition) is 3. The number of carbonyl (C=O) groups is 2. The Balaban J connectivity index is 1.62. The second-order valence-electron chi connectivity index (χ2n) is 7.31. The van der Waals surface area contributed by atoms with Crippen molar-refractivity contribution < 1.29 is 9.59 Å². The maximum atomic E-state index is 12.5. The van der Waals surface area contributed by atoms with Gasteiger partial charge in [-0.3, -0.25) is 14.5 Å². The van der Waals surface area contributed by atoms with E-state index >= 15 is 0 Å². The highest BCUT2D eigenvalue weighted by atomic mass is 16.2. The third kappa shape index (κ3) is 4.55. The van der Waals surface area contributed by atoms with Gasteiger partial charge in [-0.05, 0) is 61.7 Å². The fourth-order valence-electron chi connectivity index (χ4n) is 3.67. The van der Waals surface area contributed by atoms with Gasteiger partial charge in [0.2, 0.25) is 5.91 Å². The van der Waals surface area contributed by atoms with Crippen LogP contribution in [-0.2, 0) is 4.79 Å². The second kappa shape index (κ2) is 8.35. The molecule has 5 nitrogen and oxygen atoms in total. The molecule has 27 heavy (non-hydrogen) atoms. The zero-order chi connectivity index (χ0) is 19.4. The molecule has 3 rings (SSSR count). The molecule has 142 valence electrons. The summed E-state index contributed by atoms with van der Waals surface area (Å²) in [5.41, 5.74) is 3.91. The van der Waals surface area contributed by atoms with Gasteiger partial charge >= 0.3 is 0 Å². The van der Waals surface area contributed by atoms with Crippen LogP contribution in [0.2, 0.25) is 0 Å².